The first-order valence-corrected chi connectivity index (χ1v) is 8.36. The van der Waals surface area contributed by atoms with Crippen molar-refractivity contribution >= 4 is 27.3 Å². The number of pyridine rings is 1. The molecule has 4 aromatic rings. The van der Waals surface area contributed by atoms with Gasteiger partial charge >= 0.3 is 0 Å². The molecule has 0 amide bonds. The molecule has 0 aliphatic rings. The van der Waals surface area contributed by atoms with Crippen LogP contribution in [0.3, 0.4) is 0 Å². The van der Waals surface area contributed by atoms with Gasteiger partial charge in [0, 0.05) is 12.3 Å². The van der Waals surface area contributed by atoms with E-state index in [9.17, 15) is 4.79 Å². The molecule has 0 fully saturated rings. The van der Waals surface area contributed by atoms with E-state index in [1.165, 1.54) is 17.7 Å². The summed E-state index contributed by atoms with van der Waals surface area (Å²) in [6.45, 7) is 0. The van der Waals surface area contributed by atoms with Crippen LogP contribution in [0, 0.1) is 0 Å². The first-order chi connectivity index (χ1) is 12.3. The number of Topliss-reactive ketones (excluding diaryl/α,β-unsaturated/α-hetero) is 1. The van der Waals surface area contributed by atoms with E-state index >= 15 is 0 Å². The number of rotatable bonds is 5. The Bertz CT molecular complexity index is 1000. The molecule has 1 aromatic carbocycles. The Morgan fingerprint density at radius 3 is 2.76 bits per heavy atom. The summed E-state index contributed by atoms with van der Waals surface area (Å²) in [5.41, 5.74) is 1.25. The van der Waals surface area contributed by atoms with E-state index in [0.29, 0.717) is 17.2 Å². The van der Waals surface area contributed by atoms with E-state index in [1.807, 2.05) is 24.3 Å². The van der Waals surface area contributed by atoms with Gasteiger partial charge in [0.05, 0.1) is 29.0 Å². The molecule has 0 atom stereocenters. The molecule has 4 rings (SSSR count). The lowest BCUT2D eigenvalue weighted by molar-refractivity contribution is 0.0988. The Labute approximate surface area is 147 Å². The van der Waals surface area contributed by atoms with Gasteiger partial charge in [0.25, 0.3) is 0 Å². The molecule has 0 saturated heterocycles. The summed E-state index contributed by atoms with van der Waals surface area (Å²) >= 11 is 1.52. The lowest BCUT2D eigenvalue weighted by Gasteiger charge is -2.05. The van der Waals surface area contributed by atoms with Crippen LogP contribution in [0.25, 0.3) is 10.2 Å². The van der Waals surface area contributed by atoms with Crippen molar-refractivity contribution in [2.45, 2.75) is 6.42 Å². The number of ether oxygens (including phenoxy) is 1. The van der Waals surface area contributed by atoms with Crippen molar-refractivity contribution in [1.29, 1.82) is 0 Å². The first-order valence-electron chi connectivity index (χ1n) is 7.54. The Morgan fingerprint density at radius 1 is 1.08 bits per heavy atom. The summed E-state index contributed by atoms with van der Waals surface area (Å²) in [4.78, 5) is 28.9. The summed E-state index contributed by atoms with van der Waals surface area (Å²) in [6, 6.07) is 11.1. The van der Waals surface area contributed by atoms with Gasteiger partial charge in [-0.05, 0) is 18.2 Å². The molecule has 0 spiro atoms. The number of thiazole rings is 1. The number of hydrogen-bond acceptors (Lipinski definition) is 7. The second kappa shape index (κ2) is 6.74. The van der Waals surface area contributed by atoms with E-state index in [4.69, 9.17) is 4.74 Å². The van der Waals surface area contributed by atoms with Crippen LogP contribution in [0.4, 0.5) is 0 Å². The molecule has 25 heavy (non-hydrogen) atoms. The molecule has 0 N–H and O–H groups in total. The third-order valence-corrected chi connectivity index (χ3v) is 4.48. The van der Waals surface area contributed by atoms with Gasteiger partial charge in [0.15, 0.2) is 11.5 Å². The first kappa shape index (κ1) is 15.3. The summed E-state index contributed by atoms with van der Waals surface area (Å²) < 4.78 is 6.71. The molecule has 0 aliphatic carbocycles. The van der Waals surface area contributed by atoms with Crippen LogP contribution in [0.2, 0.25) is 0 Å². The molecule has 0 saturated carbocycles. The maximum Gasteiger partial charge on any atom is 0.188 e. The summed E-state index contributed by atoms with van der Waals surface area (Å²) in [5.74, 6) is 0.907. The Morgan fingerprint density at radius 2 is 1.92 bits per heavy atom. The largest absolute Gasteiger partial charge is 0.454 e. The van der Waals surface area contributed by atoms with Gasteiger partial charge in [-0.15, -0.1) is 11.3 Å². The fourth-order valence-corrected chi connectivity index (χ4v) is 3.29. The number of aromatic nitrogens is 4. The third-order valence-electron chi connectivity index (χ3n) is 3.44. The van der Waals surface area contributed by atoms with E-state index in [0.717, 1.165) is 15.2 Å². The van der Waals surface area contributed by atoms with Crippen molar-refractivity contribution < 1.29 is 9.53 Å². The normalized spacial score (nSPS) is 10.7. The minimum atomic E-state index is -0.103. The number of ketones is 1. The van der Waals surface area contributed by atoms with Gasteiger partial charge in [-0.3, -0.25) is 9.78 Å². The van der Waals surface area contributed by atoms with Crippen molar-refractivity contribution in [3.63, 3.8) is 0 Å². The number of benzene rings is 1. The third kappa shape index (κ3) is 3.51. The molecule has 7 heteroatoms. The molecule has 122 valence electrons. The van der Waals surface area contributed by atoms with Gasteiger partial charge in [-0.2, -0.15) is 0 Å². The predicted octanol–water partition coefficient (Wildman–Crippen LogP) is 3.70. The van der Waals surface area contributed by atoms with Crippen molar-refractivity contribution in [3.05, 3.63) is 72.0 Å². The maximum absolute atomic E-state index is 12.5. The van der Waals surface area contributed by atoms with Crippen LogP contribution in [0.5, 0.6) is 11.5 Å². The van der Waals surface area contributed by atoms with Gasteiger partial charge in [-0.25, -0.2) is 15.0 Å². The van der Waals surface area contributed by atoms with Gasteiger partial charge in [0.2, 0.25) is 0 Å². The summed E-state index contributed by atoms with van der Waals surface area (Å²) in [6.07, 6.45) is 6.29. The fraction of sp³-hybridized carbons (Fsp3) is 0.0556. The summed E-state index contributed by atoms with van der Waals surface area (Å²) in [7, 11) is 0. The van der Waals surface area contributed by atoms with Crippen molar-refractivity contribution in [2.24, 2.45) is 0 Å². The second-order valence-corrected chi connectivity index (χ2v) is 6.34. The van der Waals surface area contributed by atoms with Crippen LogP contribution in [0.15, 0.2) is 61.3 Å². The molecule has 6 nitrogen and oxygen atoms in total. The molecule has 3 heterocycles. The predicted molar refractivity (Wildman–Crippen MR) is 94.0 cm³/mol. The van der Waals surface area contributed by atoms with Crippen molar-refractivity contribution in [2.75, 3.05) is 0 Å². The highest BCUT2D eigenvalue weighted by Gasteiger charge is 2.13. The number of hydrogen-bond donors (Lipinski definition) is 0. The maximum atomic E-state index is 12.5. The Balaban J connectivity index is 1.52. The fourth-order valence-electron chi connectivity index (χ4n) is 2.32. The van der Waals surface area contributed by atoms with E-state index < -0.39 is 0 Å². The van der Waals surface area contributed by atoms with E-state index in [1.54, 1.807) is 30.7 Å². The van der Waals surface area contributed by atoms with Gasteiger partial charge in [-0.1, -0.05) is 12.1 Å². The molecule has 0 unspecified atom stereocenters. The molecular formula is C18H12N4O2S. The number of para-hydroxylation sites is 1. The summed E-state index contributed by atoms with van der Waals surface area (Å²) in [5, 5.41) is 0.774. The monoisotopic (exact) mass is 348 g/mol. The van der Waals surface area contributed by atoms with Crippen LogP contribution >= 0.6 is 11.3 Å². The lowest BCUT2D eigenvalue weighted by Crippen LogP contribution is -2.05. The molecule has 3 aromatic heterocycles. The highest BCUT2D eigenvalue weighted by molar-refractivity contribution is 7.18. The minimum absolute atomic E-state index is 0.103. The number of carbonyl (C=O) groups is 1. The molecular weight excluding hydrogens is 336 g/mol. The van der Waals surface area contributed by atoms with Crippen LogP contribution in [-0.2, 0) is 6.42 Å². The average molecular weight is 348 g/mol. The molecule has 0 bridgehead atoms. The zero-order valence-corrected chi connectivity index (χ0v) is 13.8. The Hall–Kier alpha value is -3.19. The zero-order chi connectivity index (χ0) is 17.1. The smallest absolute Gasteiger partial charge is 0.188 e. The molecule has 0 radical (unpaired) electrons. The SMILES string of the molecule is O=C(Cc1nc2ccccc2s1)c1cc(Oc2cncnc2)ccn1. The van der Waals surface area contributed by atoms with Crippen LogP contribution in [-0.4, -0.2) is 25.7 Å². The number of nitrogens with zero attached hydrogens (tertiary/aromatic N) is 4. The van der Waals surface area contributed by atoms with Crippen LogP contribution < -0.4 is 4.74 Å². The minimum Gasteiger partial charge on any atom is -0.454 e. The standard InChI is InChI=1S/C18H12N4O2S/c23-16(8-18-22-14-3-1-2-4-17(14)25-18)15-7-12(5-6-21-15)24-13-9-19-11-20-10-13/h1-7,9-11H,8H2. The highest BCUT2D eigenvalue weighted by Crippen LogP contribution is 2.24. The lowest BCUT2D eigenvalue weighted by atomic mass is 10.2. The van der Waals surface area contributed by atoms with Gasteiger partial charge in [0.1, 0.15) is 22.8 Å². The van der Waals surface area contributed by atoms with Crippen LogP contribution in [0.1, 0.15) is 15.5 Å². The quantitative estimate of drug-likeness (QED) is 0.512. The average Bonchev–Trinajstić information content (AvgIpc) is 3.05. The Kier molecular flexibility index (Phi) is 4.14. The van der Waals surface area contributed by atoms with Crippen molar-refractivity contribution in [3.8, 4) is 11.5 Å². The van der Waals surface area contributed by atoms with E-state index in [-0.39, 0.29) is 12.2 Å². The molecule has 0 aliphatic heterocycles. The van der Waals surface area contributed by atoms with E-state index in [2.05, 4.69) is 19.9 Å². The van der Waals surface area contributed by atoms with Crippen molar-refractivity contribution in [1.82, 2.24) is 19.9 Å². The number of fused-ring (bicyclic) bond motifs is 1. The number of carbonyl (C=O) groups excluding carboxylic acids is 1. The topological polar surface area (TPSA) is 77.9 Å². The highest BCUT2D eigenvalue weighted by atomic mass is 32.1. The zero-order valence-electron chi connectivity index (χ0n) is 13.0. The van der Waals surface area contributed by atoms with Gasteiger partial charge < -0.3 is 4.74 Å². The second-order valence-electron chi connectivity index (χ2n) is 5.23.